The first-order valence-corrected chi connectivity index (χ1v) is 10.0. The fraction of sp³-hybridized carbons (Fsp3) is 0.286. The summed E-state index contributed by atoms with van der Waals surface area (Å²) in [6, 6.07) is 15.7. The Morgan fingerprint density at radius 2 is 1.79 bits per heavy atom. The molecular weight excluding hydrogens is 504 g/mol. The fourth-order valence-electron chi connectivity index (χ4n) is 2.77. The molecule has 0 bridgehead atoms. The second-order valence-electron chi connectivity index (χ2n) is 6.37. The molecule has 1 heterocycles. The lowest BCUT2D eigenvalue weighted by Crippen LogP contribution is -2.39. The van der Waals surface area contributed by atoms with Crippen molar-refractivity contribution < 1.29 is 14.6 Å². The third kappa shape index (κ3) is 6.63. The Hall–Kier alpha value is -1.75. The van der Waals surface area contributed by atoms with Crippen molar-refractivity contribution in [2.75, 3.05) is 19.6 Å². The Balaban J connectivity index is 0.00000300. The second-order valence-corrected chi connectivity index (χ2v) is 7.49. The molecule has 2 aromatic carbocycles. The first kappa shape index (κ1) is 23.5. The topological polar surface area (TPSA) is 76.9 Å². The zero-order valence-corrected chi connectivity index (χ0v) is 19.2. The van der Waals surface area contributed by atoms with E-state index >= 15 is 0 Å². The van der Waals surface area contributed by atoms with Crippen LogP contribution in [0, 0.1) is 5.82 Å². The molecule has 0 aliphatic heterocycles. The van der Waals surface area contributed by atoms with Gasteiger partial charge in [-0.05, 0) is 42.1 Å². The third-order valence-electron chi connectivity index (χ3n) is 4.26. The van der Waals surface area contributed by atoms with E-state index in [2.05, 4.69) is 15.6 Å². The predicted octanol–water partition coefficient (Wildman–Crippen LogP) is 3.98. The molecule has 2 atom stereocenters. The van der Waals surface area contributed by atoms with Gasteiger partial charge in [-0.15, -0.1) is 35.3 Å². The number of benzene rings is 2. The molecule has 1 aromatic heterocycles. The maximum Gasteiger partial charge on any atom is 0.191 e. The highest BCUT2D eigenvalue weighted by Crippen LogP contribution is 2.29. The average molecular weight is 529 g/mol. The van der Waals surface area contributed by atoms with Gasteiger partial charge in [0.05, 0.1) is 12.6 Å². The van der Waals surface area contributed by atoms with E-state index in [0.29, 0.717) is 18.1 Å². The number of hydrogen-bond acceptors (Lipinski definition) is 4. The molecule has 3 aromatic rings. The average Bonchev–Trinajstić information content (AvgIpc) is 3.14. The molecule has 29 heavy (non-hydrogen) atoms. The van der Waals surface area contributed by atoms with E-state index in [9.17, 15) is 14.6 Å². The fourth-order valence-corrected chi connectivity index (χ4v) is 3.81. The van der Waals surface area contributed by atoms with Gasteiger partial charge >= 0.3 is 0 Å². The van der Waals surface area contributed by atoms with Crippen LogP contribution in [0.25, 0.3) is 10.1 Å². The Morgan fingerprint density at radius 3 is 2.48 bits per heavy atom. The standard InChI is InChI=1S/C21H24FN3O2S.HI/c1-2-23-21(24-12-17(26)14-7-9-16(22)10-8-14)25-13-18(27)20-11-15-5-3-4-6-19(15)28-20;/h3-11,17-18,26-27H,2,12-13H2,1H3,(H2,23,24,25);1H. The largest absolute Gasteiger partial charge is 0.387 e. The molecule has 0 spiro atoms. The van der Waals surface area contributed by atoms with Gasteiger partial charge in [0.1, 0.15) is 11.9 Å². The monoisotopic (exact) mass is 529 g/mol. The van der Waals surface area contributed by atoms with Gasteiger partial charge < -0.3 is 20.8 Å². The Morgan fingerprint density at radius 1 is 1.07 bits per heavy atom. The second kappa shape index (κ2) is 11.4. The van der Waals surface area contributed by atoms with Gasteiger partial charge in [0.15, 0.2) is 5.96 Å². The maximum absolute atomic E-state index is 13.0. The summed E-state index contributed by atoms with van der Waals surface area (Å²) in [5, 5.41) is 28.0. The Kier molecular flexibility index (Phi) is 9.28. The lowest BCUT2D eigenvalue weighted by molar-refractivity contribution is 0.180. The van der Waals surface area contributed by atoms with E-state index in [0.717, 1.165) is 15.0 Å². The molecule has 4 N–H and O–H groups in total. The number of nitrogens with one attached hydrogen (secondary N) is 2. The summed E-state index contributed by atoms with van der Waals surface area (Å²) in [6.45, 7) is 3.01. The van der Waals surface area contributed by atoms with Crippen LogP contribution >= 0.6 is 35.3 Å². The summed E-state index contributed by atoms with van der Waals surface area (Å²) in [4.78, 5) is 5.29. The van der Waals surface area contributed by atoms with Crippen LogP contribution in [0.1, 0.15) is 29.6 Å². The normalized spacial score (nSPS) is 13.6. The van der Waals surface area contributed by atoms with Crippen LogP contribution in [-0.4, -0.2) is 35.8 Å². The summed E-state index contributed by atoms with van der Waals surface area (Å²) < 4.78 is 14.1. The number of nitrogens with zero attached hydrogens (tertiary/aromatic N) is 1. The molecule has 0 radical (unpaired) electrons. The number of halogens is 2. The van der Waals surface area contributed by atoms with Crippen molar-refractivity contribution in [1.29, 1.82) is 0 Å². The van der Waals surface area contributed by atoms with Crippen molar-refractivity contribution in [3.63, 3.8) is 0 Å². The molecule has 156 valence electrons. The Bertz CT molecular complexity index is 900. The highest BCUT2D eigenvalue weighted by molar-refractivity contribution is 14.0. The number of aliphatic hydroxyl groups is 2. The molecule has 0 aliphatic rings. The molecule has 0 fully saturated rings. The zero-order chi connectivity index (χ0) is 19.9. The lowest BCUT2D eigenvalue weighted by atomic mass is 10.1. The van der Waals surface area contributed by atoms with Crippen molar-refractivity contribution in [3.8, 4) is 0 Å². The molecule has 0 amide bonds. The van der Waals surface area contributed by atoms with Crippen LogP contribution in [0.3, 0.4) is 0 Å². The Labute approximate surface area is 190 Å². The van der Waals surface area contributed by atoms with E-state index in [1.54, 1.807) is 23.5 Å². The van der Waals surface area contributed by atoms with Crippen molar-refractivity contribution in [2.24, 2.45) is 4.99 Å². The molecule has 8 heteroatoms. The quantitative estimate of drug-likeness (QED) is 0.212. The highest BCUT2D eigenvalue weighted by atomic mass is 127. The first-order chi connectivity index (χ1) is 13.6. The molecular formula is C21H25FIN3O2S. The van der Waals surface area contributed by atoms with Crippen LogP contribution in [-0.2, 0) is 0 Å². The molecule has 0 saturated heterocycles. The van der Waals surface area contributed by atoms with Crippen molar-refractivity contribution in [3.05, 3.63) is 70.9 Å². The number of hydrogen-bond donors (Lipinski definition) is 4. The number of thiophene rings is 1. The van der Waals surface area contributed by atoms with Crippen LogP contribution in [0.4, 0.5) is 4.39 Å². The van der Waals surface area contributed by atoms with Gasteiger partial charge in [0.25, 0.3) is 0 Å². The summed E-state index contributed by atoms with van der Waals surface area (Å²) in [7, 11) is 0. The molecule has 5 nitrogen and oxygen atoms in total. The minimum absolute atomic E-state index is 0. The predicted molar refractivity (Wildman–Crippen MR) is 128 cm³/mol. The van der Waals surface area contributed by atoms with Gasteiger partial charge in [-0.3, -0.25) is 4.99 Å². The van der Waals surface area contributed by atoms with E-state index < -0.39 is 12.2 Å². The molecule has 2 unspecified atom stereocenters. The SMILES string of the molecule is CCNC(=NCC(O)c1cc2ccccc2s1)NCC(O)c1ccc(F)cc1.I. The van der Waals surface area contributed by atoms with Gasteiger partial charge in [0.2, 0.25) is 0 Å². The summed E-state index contributed by atoms with van der Waals surface area (Å²) in [5.41, 5.74) is 0.620. The molecule has 0 saturated carbocycles. The summed E-state index contributed by atoms with van der Waals surface area (Å²) >= 11 is 1.56. The van der Waals surface area contributed by atoms with Gasteiger partial charge in [-0.1, -0.05) is 30.3 Å². The first-order valence-electron chi connectivity index (χ1n) is 9.19. The number of rotatable bonds is 7. The minimum atomic E-state index is -0.794. The smallest absolute Gasteiger partial charge is 0.191 e. The van der Waals surface area contributed by atoms with Crippen molar-refractivity contribution >= 4 is 51.4 Å². The number of aliphatic hydroxyl groups excluding tert-OH is 2. The third-order valence-corrected chi connectivity index (χ3v) is 5.47. The number of aliphatic imine (C=N–C) groups is 1. The highest BCUT2D eigenvalue weighted by Gasteiger charge is 2.12. The van der Waals surface area contributed by atoms with Crippen LogP contribution in [0.2, 0.25) is 0 Å². The van der Waals surface area contributed by atoms with E-state index in [-0.39, 0.29) is 42.9 Å². The van der Waals surface area contributed by atoms with Crippen LogP contribution in [0.15, 0.2) is 59.6 Å². The minimum Gasteiger partial charge on any atom is -0.387 e. The van der Waals surface area contributed by atoms with E-state index in [1.165, 1.54) is 12.1 Å². The number of guanidine groups is 1. The van der Waals surface area contributed by atoms with Gasteiger partial charge in [0, 0.05) is 22.7 Å². The number of fused-ring (bicyclic) bond motifs is 1. The van der Waals surface area contributed by atoms with E-state index in [1.807, 2.05) is 37.3 Å². The van der Waals surface area contributed by atoms with Crippen LogP contribution < -0.4 is 10.6 Å². The van der Waals surface area contributed by atoms with Crippen LogP contribution in [0.5, 0.6) is 0 Å². The summed E-state index contributed by atoms with van der Waals surface area (Å²) in [5.74, 6) is 0.165. The molecule has 0 aliphatic carbocycles. The van der Waals surface area contributed by atoms with Gasteiger partial charge in [-0.2, -0.15) is 0 Å². The van der Waals surface area contributed by atoms with Gasteiger partial charge in [-0.25, -0.2) is 4.39 Å². The van der Waals surface area contributed by atoms with Crippen molar-refractivity contribution in [1.82, 2.24) is 10.6 Å². The molecule has 3 rings (SSSR count). The lowest BCUT2D eigenvalue weighted by Gasteiger charge is -2.16. The van der Waals surface area contributed by atoms with E-state index in [4.69, 9.17) is 0 Å². The zero-order valence-electron chi connectivity index (χ0n) is 16.0. The van der Waals surface area contributed by atoms with Crippen molar-refractivity contribution in [2.45, 2.75) is 19.1 Å². The maximum atomic E-state index is 13.0. The summed E-state index contributed by atoms with van der Waals surface area (Å²) in [6.07, 6.45) is -1.49.